The Kier molecular flexibility index (Phi) is 5.54. The molecule has 2 aromatic carbocycles. The van der Waals surface area contributed by atoms with Crippen LogP contribution in [0.1, 0.15) is 5.56 Å². The van der Waals surface area contributed by atoms with Crippen LogP contribution in [0.3, 0.4) is 0 Å². The highest BCUT2D eigenvalue weighted by Crippen LogP contribution is 2.21. The smallest absolute Gasteiger partial charge is 0.221 e. The van der Waals surface area contributed by atoms with Crippen LogP contribution in [-0.4, -0.2) is 6.41 Å². The molecular weight excluding hydrogens is 231 g/mol. The minimum absolute atomic E-state index is 0.148. The lowest BCUT2D eigenvalue weighted by atomic mass is 10.0. The van der Waals surface area contributed by atoms with Crippen LogP contribution in [0.4, 0.5) is 4.39 Å². The Balaban J connectivity index is 0.000000357. The van der Waals surface area contributed by atoms with Crippen LogP contribution in [-0.2, 0) is 4.79 Å². The minimum Gasteiger partial charge on any atom is -0.297 e. The SMILES string of the molecule is Cc1cc(-c2ccccc2)ccc1F.NNC=O. The number of amides is 1. The van der Waals surface area contributed by atoms with E-state index in [0.717, 1.165) is 11.1 Å². The monoisotopic (exact) mass is 246 g/mol. The first-order valence-electron chi connectivity index (χ1n) is 5.40. The second-order valence-corrected chi connectivity index (χ2v) is 3.61. The lowest BCUT2D eigenvalue weighted by Gasteiger charge is -2.03. The van der Waals surface area contributed by atoms with E-state index in [1.807, 2.05) is 36.4 Å². The average molecular weight is 246 g/mol. The molecule has 0 aliphatic heterocycles. The van der Waals surface area contributed by atoms with Gasteiger partial charge in [-0.05, 0) is 35.7 Å². The first kappa shape index (κ1) is 13.9. The molecule has 0 aliphatic carbocycles. The van der Waals surface area contributed by atoms with Crippen molar-refractivity contribution < 1.29 is 9.18 Å². The van der Waals surface area contributed by atoms with Crippen molar-refractivity contribution in [2.24, 2.45) is 5.84 Å². The Bertz CT molecular complexity index is 500. The molecule has 3 nitrogen and oxygen atoms in total. The first-order chi connectivity index (χ1) is 8.69. The summed E-state index contributed by atoms with van der Waals surface area (Å²) in [5.74, 6) is 4.26. The van der Waals surface area contributed by atoms with Crippen molar-refractivity contribution in [3.8, 4) is 11.1 Å². The van der Waals surface area contributed by atoms with E-state index in [-0.39, 0.29) is 5.82 Å². The lowest BCUT2D eigenvalue weighted by Crippen LogP contribution is -2.18. The zero-order valence-corrected chi connectivity index (χ0v) is 10.1. The first-order valence-corrected chi connectivity index (χ1v) is 5.40. The minimum atomic E-state index is -0.148. The number of nitrogens with two attached hydrogens (primary N) is 1. The van der Waals surface area contributed by atoms with Crippen molar-refractivity contribution in [3.63, 3.8) is 0 Å². The molecule has 0 heterocycles. The number of carbonyl (C=O) groups is 1. The van der Waals surface area contributed by atoms with E-state index in [9.17, 15) is 4.39 Å². The number of halogens is 1. The van der Waals surface area contributed by atoms with Gasteiger partial charge in [0.1, 0.15) is 5.82 Å². The summed E-state index contributed by atoms with van der Waals surface area (Å²) >= 11 is 0. The van der Waals surface area contributed by atoms with Gasteiger partial charge in [0.2, 0.25) is 6.41 Å². The number of hydrogen-bond donors (Lipinski definition) is 2. The normalized spacial score (nSPS) is 9.06. The molecule has 0 atom stereocenters. The number of rotatable bonds is 2. The maximum Gasteiger partial charge on any atom is 0.221 e. The van der Waals surface area contributed by atoms with Gasteiger partial charge >= 0.3 is 0 Å². The summed E-state index contributed by atoms with van der Waals surface area (Å²) in [6, 6.07) is 15.2. The molecule has 3 N–H and O–H groups in total. The lowest BCUT2D eigenvalue weighted by molar-refractivity contribution is -0.109. The molecule has 0 aromatic heterocycles. The molecule has 0 fully saturated rings. The van der Waals surface area contributed by atoms with Gasteiger partial charge in [0.15, 0.2) is 0 Å². The number of hydrazine groups is 1. The van der Waals surface area contributed by atoms with Crippen molar-refractivity contribution in [2.45, 2.75) is 6.92 Å². The fraction of sp³-hybridized carbons (Fsp3) is 0.0714. The second-order valence-electron chi connectivity index (χ2n) is 3.61. The van der Waals surface area contributed by atoms with E-state index in [2.05, 4.69) is 5.84 Å². The Hall–Kier alpha value is -2.20. The largest absolute Gasteiger partial charge is 0.297 e. The van der Waals surface area contributed by atoms with Crippen molar-refractivity contribution >= 4 is 6.41 Å². The summed E-state index contributed by atoms with van der Waals surface area (Å²) in [6.07, 6.45) is 0.403. The van der Waals surface area contributed by atoms with Crippen LogP contribution < -0.4 is 11.3 Å². The second kappa shape index (κ2) is 7.19. The number of benzene rings is 2. The molecule has 2 rings (SSSR count). The number of nitrogens with one attached hydrogen (secondary N) is 1. The Morgan fingerprint density at radius 2 is 1.72 bits per heavy atom. The summed E-state index contributed by atoms with van der Waals surface area (Å²) in [4.78, 5) is 8.94. The molecule has 0 bridgehead atoms. The zero-order chi connectivity index (χ0) is 13.4. The van der Waals surface area contributed by atoms with Crippen LogP contribution in [0, 0.1) is 12.7 Å². The van der Waals surface area contributed by atoms with Crippen LogP contribution in [0.25, 0.3) is 11.1 Å². The van der Waals surface area contributed by atoms with Gasteiger partial charge in [0, 0.05) is 0 Å². The van der Waals surface area contributed by atoms with E-state index in [1.54, 1.807) is 18.4 Å². The van der Waals surface area contributed by atoms with Gasteiger partial charge in [0.25, 0.3) is 0 Å². The van der Waals surface area contributed by atoms with Crippen molar-refractivity contribution in [1.82, 2.24) is 5.43 Å². The Labute approximate surface area is 105 Å². The zero-order valence-electron chi connectivity index (χ0n) is 10.1. The van der Waals surface area contributed by atoms with Crippen molar-refractivity contribution in [2.75, 3.05) is 0 Å². The molecule has 4 heteroatoms. The molecule has 2 aromatic rings. The highest BCUT2D eigenvalue weighted by Gasteiger charge is 2.00. The van der Waals surface area contributed by atoms with Gasteiger partial charge < -0.3 is 0 Å². The maximum absolute atomic E-state index is 13.0. The summed E-state index contributed by atoms with van der Waals surface area (Å²) in [6.45, 7) is 1.78. The predicted molar refractivity (Wildman–Crippen MR) is 70.0 cm³/mol. The highest BCUT2D eigenvalue weighted by atomic mass is 19.1. The summed E-state index contributed by atoms with van der Waals surface area (Å²) in [7, 11) is 0. The molecule has 0 saturated heterocycles. The van der Waals surface area contributed by atoms with Gasteiger partial charge in [0.05, 0.1) is 0 Å². The molecule has 0 aliphatic rings. The van der Waals surface area contributed by atoms with Gasteiger partial charge in [-0.1, -0.05) is 36.4 Å². The van der Waals surface area contributed by atoms with E-state index < -0.39 is 0 Å². The third-order valence-electron chi connectivity index (χ3n) is 2.33. The summed E-state index contributed by atoms with van der Waals surface area (Å²) in [5, 5.41) is 0. The van der Waals surface area contributed by atoms with Crippen molar-refractivity contribution in [1.29, 1.82) is 0 Å². The number of hydrogen-bond acceptors (Lipinski definition) is 2. The van der Waals surface area contributed by atoms with Gasteiger partial charge in [-0.2, -0.15) is 0 Å². The quantitative estimate of drug-likeness (QED) is 0.370. The van der Waals surface area contributed by atoms with Gasteiger partial charge in [-0.3, -0.25) is 10.2 Å². The highest BCUT2D eigenvalue weighted by molar-refractivity contribution is 5.63. The van der Waals surface area contributed by atoms with Crippen LogP contribution in [0.5, 0.6) is 0 Å². The fourth-order valence-corrected chi connectivity index (χ4v) is 1.45. The molecule has 94 valence electrons. The third-order valence-corrected chi connectivity index (χ3v) is 2.33. The predicted octanol–water partition coefficient (Wildman–Crippen LogP) is 2.41. The standard InChI is InChI=1S/C13H11F.CH4N2O/c1-10-9-12(7-8-13(10)14)11-5-3-2-4-6-11;2-3-1-4/h2-9H,1H3;1H,2H2,(H,3,4). The summed E-state index contributed by atoms with van der Waals surface area (Å²) in [5.41, 5.74) is 4.62. The molecule has 1 amide bonds. The molecule has 0 radical (unpaired) electrons. The number of carbonyl (C=O) groups excluding carboxylic acids is 1. The van der Waals surface area contributed by atoms with E-state index in [0.29, 0.717) is 12.0 Å². The van der Waals surface area contributed by atoms with E-state index >= 15 is 0 Å². The van der Waals surface area contributed by atoms with Crippen molar-refractivity contribution in [3.05, 3.63) is 59.9 Å². The molecular formula is C14H15FN2O. The third kappa shape index (κ3) is 3.99. The van der Waals surface area contributed by atoms with E-state index in [1.165, 1.54) is 6.07 Å². The van der Waals surface area contributed by atoms with Crippen LogP contribution >= 0.6 is 0 Å². The van der Waals surface area contributed by atoms with Gasteiger partial charge in [-0.25, -0.2) is 10.2 Å². The van der Waals surface area contributed by atoms with Gasteiger partial charge in [-0.15, -0.1) is 0 Å². The number of aryl methyl sites for hydroxylation is 1. The van der Waals surface area contributed by atoms with E-state index in [4.69, 9.17) is 4.79 Å². The average Bonchev–Trinajstić information content (AvgIpc) is 2.43. The fourth-order valence-electron chi connectivity index (χ4n) is 1.45. The molecule has 0 spiro atoms. The Morgan fingerprint density at radius 1 is 1.11 bits per heavy atom. The molecule has 0 saturated carbocycles. The molecule has 0 unspecified atom stereocenters. The molecule has 18 heavy (non-hydrogen) atoms. The summed E-state index contributed by atoms with van der Waals surface area (Å²) < 4.78 is 13.0. The Morgan fingerprint density at radius 3 is 2.22 bits per heavy atom. The van der Waals surface area contributed by atoms with Crippen LogP contribution in [0.15, 0.2) is 48.5 Å². The topological polar surface area (TPSA) is 55.1 Å². The maximum atomic E-state index is 13.0. The van der Waals surface area contributed by atoms with Crippen LogP contribution in [0.2, 0.25) is 0 Å².